The van der Waals surface area contributed by atoms with Crippen LogP contribution in [0.2, 0.25) is 0 Å². The Bertz CT molecular complexity index is 626. The first-order valence-electron chi connectivity index (χ1n) is 6.00. The van der Waals surface area contributed by atoms with Crippen molar-refractivity contribution in [3.8, 4) is 11.8 Å². The highest BCUT2D eigenvalue weighted by Gasteiger charge is 2.14. The SMILES string of the molecule is CCOC(=O)CC#Cc1cc(C(=O)OC)cc([N+](=O)[O-])c1. The number of nitro groups is 1. The van der Waals surface area contributed by atoms with Gasteiger partial charge in [-0.25, -0.2) is 4.79 Å². The molecule has 21 heavy (non-hydrogen) atoms. The Kier molecular flexibility index (Phi) is 5.89. The predicted molar refractivity (Wildman–Crippen MR) is 72.6 cm³/mol. The van der Waals surface area contributed by atoms with Crippen LogP contribution in [-0.2, 0) is 14.3 Å². The van der Waals surface area contributed by atoms with Crippen molar-refractivity contribution in [1.82, 2.24) is 0 Å². The molecule has 0 unspecified atom stereocenters. The van der Waals surface area contributed by atoms with Crippen LogP contribution in [0.15, 0.2) is 18.2 Å². The lowest BCUT2D eigenvalue weighted by Gasteiger charge is -2.00. The summed E-state index contributed by atoms with van der Waals surface area (Å²) in [6, 6.07) is 3.67. The van der Waals surface area contributed by atoms with E-state index in [-0.39, 0.29) is 29.8 Å². The van der Waals surface area contributed by atoms with Gasteiger partial charge in [-0.15, -0.1) is 0 Å². The molecule has 0 N–H and O–H groups in total. The normalized spacial score (nSPS) is 9.24. The summed E-state index contributed by atoms with van der Waals surface area (Å²) >= 11 is 0. The van der Waals surface area contributed by atoms with Crippen LogP contribution in [0.25, 0.3) is 0 Å². The Hall–Kier alpha value is -2.88. The molecule has 0 saturated carbocycles. The zero-order valence-corrected chi connectivity index (χ0v) is 11.5. The number of hydrogen-bond acceptors (Lipinski definition) is 6. The maximum atomic E-state index is 11.4. The topological polar surface area (TPSA) is 95.7 Å². The second-order valence-electron chi connectivity index (χ2n) is 3.80. The molecule has 0 amide bonds. The van der Waals surface area contributed by atoms with Crippen molar-refractivity contribution >= 4 is 17.6 Å². The molecule has 0 bridgehead atoms. The van der Waals surface area contributed by atoms with Crippen molar-refractivity contribution in [2.75, 3.05) is 13.7 Å². The smallest absolute Gasteiger partial charge is 0.338 e. The zero-order valence-electron chi connectivity index (χ0n) is 11.5. The molecule has 0 aliphatic carbocycles. The molecule has 0 aromatic heterocycles. The fourth-order valence-electron chi connectivity index (χ4n) is 1.45. The number of methoxy groups -OCH3 is 1. The molecular formula is C14H13NO6. The van der Waals surface area contributed by atoms with E-state index in [1.54, 1.807) is 6.92 Å². The first-order chi connectivity index (χ1) is 9.97. The first-order valence-corrected chi connectivity index (χ1v) is 6.00. The Morgan fingerprint density at radius 1 is 1.33 bits per heavy atom. The lowest BCUT2D eigenvalue weighted by Crippen LogP contribution is -2.03. The molecule has 0 radical (unpaired) electrons. The van der Waals surface area contributed by atoms with Gasteiger partial charge < -0.3 is 9.47 Å². The molecule has 7 nitrogen and oxygen atoms in total. The number of rotatable bonds is 4. The monoisotopic (exact) mass is 291 g/mol. The Morgan fingerprint density at radius 3 is 2.62 bits per heavy atom. The molecular weight excluding hydrogens is 278 g/mol. The van der Waals surface area contributed by atoms with Gasteiger partial charge >= 0.3 is 11.9 Å². The summed E-state index contributed by atoms with van der Waals surface area (Å²) in [6.45, 7) is 1.93. The van der Waals surface area contributed by atoms with Gasteiger partial charge in [0.05, 0.1) is 24.2 Å². The summed E-state index contributed by atoms with van der Waals surface area (Å²) < 4.78 is 9.21. The van der Waals surface area contributed by atoms with E-state index in [0.717, 1.165) is 6.07 Å². The lowest BCUT2D eigenvalue weighted by atomic mass is 10.1. The number of ether oxygens (including phenoxy) is 2. The van der Waals surface area contributed by atoms with Crippen molar-refractivity contribution in [2.45, 2.75) is 13.3 Å². The molecule has 1 rings (SSSR count). The van der Waals surface area contributed by atoms with Gasteiger partial charge in [-0.05, 0) is 13.0 Å². The van der Waals surface area contributed by atoms with Gasteiger partial charge in [0.15, 0.2) is 0 Å². The molecule has 0 atom stereocenters. The van der Waals surface area contributed by atoms with Crippen molar-refractivity contribution < 1.29 is 24.0 Å². The van der Waals surface area contributed by atoms with Crippen LogP contribution in [0, 0.1) is 22.0 Å². The van der Waals surface area contributed by atoms with Crippen LogP contribution in [0.4, 0.5) is 5.69 Å². The molecule has 1 aromatic rings. The third-order valence-electron chi connectivity index (χ3n) is 2.32. The molecule has 110 valence electrons. The van der Waals surface area contributed by atoms with Gasteiger partial charge in [-0.1, -0.05) is 11.8 Å². The van der Waals surface area contributed by atoms with Gasteiger partial charge in [0, 0.05) is 17.7 Å². The summed E-state index contributed by atoms with van der Waals surface area (Å²) in [6.07, 6.45) is -0.135. The van der Waals surface area contributed by atoms with E-state index in [9.17, 15) is 19.7 Å². The van der Waals surface area contributed by atoms with E-state index in [1.165, 1.54) is 19.2 Å². The molecule has 0 fully saturated rings. The highest BCUT2D eigenvalue weighted by atomic mass is 16.6. The summed E-state index contributed by atoms with van der Waals surface area (Å²) in [5.74, 6) is 3.94. The van der Waals surface area contributed by atoms with Gasteiger partial charge in [0.1, 0.15) is 6.42 Å². The molecule has 0 aliphatic rings. The maximum absolute atomic E-state index is 11.4. The standard InChI is InChI=1S/C14H13NO6/c1-3-21-13(16)6-4-5-10-7-11(14(17)20-2)9-12(8-10)15(18)19/h7-9H,3,6H2,1-2H3. The van der Waals surface area contributed by atoms with Gasteiger partial charge in [-0.3, -0.25) is 14.9 Å². The number of hydrogen-bond donors (Lipinski definition) is 0. The van der Waals surface area contributed by atoms with Crippen LogP contribution >= 0.6 is 0 Å². The number of esters is 2. The van der Waals surface area contributed by atoms with Crippen LogP contribution < -0.4 is 0 Å². The van der Waals surface area contributed by atoms with Crippen LogP contribution in [0.3, 0.4) is 0 Å². The van der Waals surface area contributed by atoms with E-state index in [0.29, 0.717) is 0 Å². The highest BCUT2D eigenvalue weighted by molar-refractivity contribution is 5.90. The number of nitrogens with zero attached hydrogens (tertiary/aromatic N) is 1. The van der Waals surface area contributed by atoms with Crippen molar-refractivity contribution in [3.05, 3.63) is 39.4 Å². The first kappa shape index (κ1) is 16.2. The Balaban J connectivity index is 3.04. The fraction of sp³-hybridized carbons (Fsp3) is 0.286. The number of benzene rings is 1. The molecule has 7 heteroatoms. The minimum Gasteiger partial charge on any atom is -0.465 e. The fourth-order valence-corrected chi connectivity index (χ4v) is 1.45. The number of carbonyl (C=O) groups excluding carboxylic acids is 2. The van der Waals surface area contributed by atoms with Crippen LogP contribution in [0.5, 0.6) is 0 Å². The summed E-state index contributed by atoms with van der Waals surface area (Å²) in [4.78, 5) is 32.7. The Labute approximate surface area is 121 Å². The maximum Gasteiger partial charge on any atom is 0.338 e. The average Bonchev–Trinajstić information content (AvgIpc) is 2.46. The van der Waals surface area contributed by atoms with Gasteiger partial charge in [0.2, 0.25) is 0 Å². The van der Waals surface area contributed by atoms with E-state index in [2.05, 4.69) is 16.6 Å². The van der Waals surface area contributed by atoms with Crippen molar-refractivity contribution in [2.24, 2.45) is 0 Å². The van der Waals surface area contributed by atoms with E-state index in [4.69, 9.17) is 4.74 Å². The molecule has 0 saturated heterocycles. The largest absolute Gasteiger partial charge is 0.465 e. The minimum atomic E-state index is -0.702. The predicted octanol–water partition coefficient (Wildman–Crippen LogP) is 1.69. The summed E-state index contributed by atoms with van der Waals surface area (Å²) in [5, 5.41) is 10.8. The molecule has 0 heterocycles. The number of nitro benzene ring substituents is 1. The van der Waals surface area contributed by atoms with E-state index < -0.39 is 16.9 Å². The minimum absolute atomic E-state index is 0.0205. The average molecular weight is 291 g/mol. The van der Waals surface area contributed by atoms with Crippen LogP contribution in [-0.4, -0.2) is 30.6 Å². The van der Waals surface area contributed by atoms with Gasteiger partial charge in [-0.2, -0.15) is 0 Å². The second-order valence-corrected chi connectivity index (χ2v) is 3.80. The quantitative estimate of drug-likeness (QED) is 0.362. The Morgan fingerprint density at radius 2 is 2.05 bits per heavy atom. The molecule has 0 aliphatic heterocycles. The van der Waals surface area contributed by atoms with E-state index >= 15 is 0 Å². The summed E-state index contributed by atoms with van der Waals surface area (Å²) in [5.41, 5.74) is -0.0145. The lowest BCUT2D eigenvalue weighted by molar-refractivity contribution is -0.384. The van der Waals surface area contributed by atoms with Gasteiger partial charge in [0.25, 0.3) is 5.69 Å². The second kappa shape index (κ2) is 7.65. The van der Waals surface area contributed by atoms with Crippen molar-refractivity contribution in [1.29, 1.82) is 0 Å². The van der Waals surface area contributed by atoms with Crippen LogP contribution in [0.1, 0.15) is 29.3 Å². The third-order valence-corrected chi connectivity index (χ3v) is 2.32. The van der Waals surface area contributed by atoms with E-state index in [1.807, 2.05) is 0 Å². The van der Waals surface area contributed by atoms with Crippen molar-refractivity contribution in [3.63, 3.8) is 0 Å². The molecule has 1 aromatic carbocycles. The summed E-state index contributed by atoms with van der Waals surface area (Å²) in [7, 11) is 1.17. The number of non-ortho nitro benzene ring substituents is 1. The highest BCUT2D eigenvalue weighted by Crippen LogP contribution is 2.17. The molecule has 0 spiro atoms. The zero-order chi connectivity index (χ0) is 15.8. The third kappa shape index (κ3) is 4.95. The number of carbonyl (C=O) groups is 2.